The van der Waals surface area contributed by atoms with E-state index in [4.69, 9.17) is 9.56 Å². The van der Waals surface area contributed by atoms with Gasteiger partial charge in [-0.25, -0.2) is 22.0 Å². The third-order valence-corrected chi connectivity index (χ3v) is 7.09. The molecule has 3 aromatic rings. The van der Waals surface area contributed by atoms with Crippen LogP contribution in [-0.2, 0) is 25.6 Å². The van der Waals surface area contributed by atoms with Gasteiger partial charge in [0.1, 0.15) is 11.5 Å². The largest absolute Gasteiger partial charge is 0.455 e. The van der Waals surface area contributed by atoms with E-state index in [0.717, 1.165) is 0 Å². The standard InChI is InChI=1S/C20H20N2O6S2/c1-13-10-17(30(21,26)27)11-18(14(13)2)22-20(23)19-9-8-15(28-19)12-29(24,25)16-6-4-3-5-7-16/h3-11H,12H2,1-2H3,(H,22,23)(H2,21,26,27). The molecule has 0 spiro atoms. The third kappa shape index (κ3) is 4.78. The lowest BCUT2D eigenvalue weighted by Crippen LogP contribution is -2.16. The molecule has 0 fully saturated rings. The number of amides is 1. The molecule has 0 unspecified atom stereocenters. The number of benzene rings is 2. The lowest BCUT2D eigenvalue weighted by atomic mass is 10.1. The summed E-state index contributed by atoms with van der Waals surface area (Å²) in [6.07, 6.45) is 0. The zero-order chi connectivity index (χ0) is 22.1. The average molecular weight is 449 g/mol. The second-order valence-corrected chi connectivity index (χ2v) is 10.3. The van der Waals surface area contributed by atoms with Crippen LogP contribution in [-0.4, -0.2) is 22.7 Å². The maximum Gasteiger partial charge on any atom is 0.291 e. The summed E-state index contributed by atoms with van der Waals surface area (Å²) in [7, 11) is -7.57. The van der Waals surface area contributed by atoms with E-state index in [9.17, 15) is 21.6 Å². The second kappa shape index (κ2) is 8.05. The normalized spacial score (nSPS) is 12.0. The number of primary sulfonamides is 1. The molecular weight excluding hydrogens is 428 g/mol. The van der Waals surface area contributed by atoms with E-state index in [1.807, 2.05) is 0 Å². The number of nitrogens with one attached hydrogen (secondary N) is 1. The minimum atomic E-state index is -3.95. The number of hydrogen-bond donors (Lipinski definition) is 2. The van der Waals surface area contributed by atoms with Crippen LogP contribution in [0.4, 0.5) is 5.69 Å². The van der Waals surface area contributed by atoms with E-state index >= 15 is 0 Å². The molecule has 2 aromatic carbocycles. The number of nitrogens with two attached hydrogens (primary N) is 1. The van der Waals surface area contributed by atoms with Gasteiger partial charge in [-0.15, -0.1) is 0 Å². The fourth-order valence-electron chi connectivity index (χ4n) is 2.78. The fraction of sp³-hybridized carbons (Fsp3) is 0.150. The average Bonchev–Trinajstić information content (AvgIpc) is 3.13. The van der Waals surface area contributed by atoms with Crippen molar-refractivity contribution in [1.82, 2.24) is 0 Å². The van der Waals surface area contributed by atoms with Crippen molar-refractivity contribution in [2.45, 2.75) is 29.4 Å². The first kappa shape index (κ1) is 21.8. The Hall–Kier alpha value is -2.95. The molecule has 1 heterocycles. The van der Waals surface area contributed by atoms with Crippen molar-refractivity contribution < 1.29 is 26.0 Å². The molecule has 0 saturated carbocycles. The highest BCUT2D eigenvalue weighted by atomic mass is 32.2. The Kier molecular flexibility index (Phi) is 5.84. The summed E-state index contributed by atoms with van der Waals surface area (Å²) in [5, 5.41) is 7.77. The lowest BCUT2D eigenvalue weighted by molar-refractivity contribution is 0.0995. The SMILES string of the molecule is Cc1cc(S(N)(=O)=O)cc(NC(=O)c2ccc(CS(=O)(=O)c3ccccc3)o2)c1C. The van der Waals surface area contributed by atoms with Crippen molar-refractivity contribution in [2.24, 2.45) is 5.14 Å². The summed E-state index contributed by atoms with van der Waals surface area (Å²) in [4.78, 5) is 12.6. The lowest BCUT2D eigenvalue weighted by Gasteiger charge is -2.12. The monoisotopic (exact) mass is 448 g/mol. The molecule has 3 rings (SSSR count). The predicted octanol–water partition coefficient (Wildman–Crippen LogP) is 2.77. The third-order valence-electron chi connectivity index (χ3n) is 4.54. The Morgan fingerprint density at radius 2 is 1.63 bits per heavy atom. The highest BCUT2D eigenvalue weighted by Crippen LogP contribution is 2.25. The Bertz CT molecular complexity index is 1310. The second-order valence-electron chi connectivity index (χ2n) is 6.75. The summed E-state index contributed by atoms with van der Waals surface area (Å²) in [5.41, 5.74) is 1.55. The summed E-state index contributed by atoms with van der Waals surface area (Å²) >= 11 is 0. The summed E-state index contributed by atoms with van der Waals surface area (Å²) in [5.74, 6) is -1.04. The molecule has 158 valence electrons. The number of rotatable bonds is 6. The summed E-state index contributed by atoms with van der Waals surface area (Å²) in [6.45, 7) is 3.41. The van der Waals surface area contributed by atoms with Gasteiger partial charge < -0.3 is 9.73 Å². The van der Waals surface area contributed by atoms with Crippen LogP contribution in [0.5, 0.6) is 0 Å². The minimum Gasteiger partial charge on any atom is -0.455 e. The number of sulfone groups is 1. The van der Waals surface area contributed by atoms with Crippen molar-refractivity contribution in [3.63, 3.8) is 0 Å². The molecule has 3 N–H and O–H groups in total. The first-order chi connectivity index (χ1) is 14.0. The van der Waals surface area contributed by atoms with E-state index in [1.165, 1.54) is 36.4 Å². The van der Waals surface area contributed by atoms with Crippen molar-refractivity contribution in [1.29, 1.82) is 0 Å². The van der Waals surface area contributed by atoms with Gasteiger partial charge in [0.15, 0.2) is 15.6 Å². The van der Waals surface area contributed by atoms with Gasteiger partial charge in [0, 0.05) is 5.69 Å². The van der Waals surface area contributed by atoms with Crippen LogP contribution in [0, 0.1) is 13.8 Å². The molecule has 0 saturated heterocycles. The van der Waals surface area contributed by atoms with Crippen LogP contribution in [0.1, 0.15) is 27.4 Å². The Morgan fingerprint density at radius 1 is 0.967 bits per heavy atom. The van der Waals surface area contributed by atoms with Crippen molar-refractivity contribution in [3.8, 4) is 0 Å². The van der Waals surface area contributed by atoms with Crippen molar-refractivity contribution in [3.05, 3.63) is 77.2 Å². The number of furan rings is 1. The first-order valence-corrected chi connectivity index (χ1v) is 12.0. The van der Waals surface area contributed by atoms with Crippen molar-refractivity contribution >= 4 is 31.5 Å². The number of anilines is 1. The van der Waals surface area contributed by atoms with E-state index in [0.29, 0.717) is 11.1 Å². The van der Waals surface area contributed by atoms with Crippen LogP contribution >= 0.6 is 0 Å². The van der Waals surface area contributed by atoms with Crippen LogP contribution in [0.15, 0.2) is 68.8 Å². The molecule has 0 aliphatic carbocycles. The van der Waals surface area contributed by atoms with E-state index < -0.39 is 31.5 Å². The Labute approximate surface area is 174 Å². The maximum absolute atomic E-state index is 12.6. The highest BCUT2D eigenvalue weighted by Gasteiger charge is 2.20. The zero-order valence-electron chi connectivity index (χ0n) is 16.2. The van der Waals surface area contributed by atoms with Gasteiger partial charge in [-0.2, -0.15) is 0 Å². The molecule has 1 aromatic heterocycles. The number of carbonyl (C=O) groups excluding carboxylic acids is 1. The van der Waals surface area contributed by atoms with Crippen LogP contribution in [0.3, 0.4) is 0 Å². The quantitative estimate of drug-likeness (QED) is 0.595. The van der Waals surface area contributed by atoms with E-state index in [2.05, 4.69) is 5.32 Å². The van der Waals surface area contributed by atoms with Gasteiger partial charge in [0.05, 0.1) is 9.79 Å². The number of hydrogen-bond acceptors (Lipinski definition) is 6. The number of carbonyl (C=O) groups is 1. The minimum absolute atomic E-state index is 0.105. The van der Waals surface area contributed by atoms with E-state index in [1.54, 1.807) is 32.0 Å². The van der Waals surface area contributed by atoms with Crippen molar-refractivity contribution in [2.75, 3.05) is 5.32 Å². The predicted molar refractivity (Wildman–Crippen MR) is 111 cm³/mol. The molecule has 10 heteroatoms. The molecule has 0 radical (unpaired) electrons. The molecule has 0 bridgehead atoms. The highest BCUT2D eigenvalue weighted by molar-refractivity contribution is 7.90. The molecule has 0 aliphatic rings. The molecule has 0 atom stereocenters. The van der Waals surface area contributed by atoms with Gasteiger partial charge in [0.25, 0.3) is 5.91 Å². The smallest absolute Gasteiger partial charge is 0.291 e. The van der Waals surface area contributed by atoms with Gasteiger partial charge in [-0.05, 0) is 61.4 Å². The van der Waals surface area contributed by atoms with Crippen LogP contribution in [0.2, 0.25) is 0 Å². The summed E-state index contributed by atoms with van der Waals surface area (Å²) in [6, 6.07) is 13.4. The van der Waals surface area contributed by atoms with Gasteiger partial charge in [-0.1, -0.05) is 18.2 Å². The molecular formula is C20H20N2O6S2. The Balaban J connectivity index is 1.82. The van der Waals surface area contributed by atoms with E-state index in [-0.39, 0.29) is 27.0 Å². The van der Waals surface area contributed by atoms with Crippen LogP contribution in [0.25, 0.3) is 0 Å². The topological polar surface area (TPSA) is 137 Å². The van der Waals surface area contributed by atoms with Gasteiger partial charge in [-0.3, -0.25) is 4.79 Å². The van der Waals surface area contributed by atoms with Crippen LogP contribution < -0.4 is 10.5 Å². The number of sulfonamides is 1. The zero-order valence-corrected chi connectivity index (χ0v) is 17.9. The fourth-order valence-corrected chi connectivity index (χ4v) is 4.67. The molecule has 0 aliphatic heterocycles. The summed E-state index contributed by atoms with van der Waals surface area (Å²) < 4.78 is 53.6. The van der Waals surface area contributed by atoms with Gasteiger partial charge >= 0.3 is 0 Å². The molecule has 1 amide bonds. The number of aryl methyl sites for hydroxylation is 1. The Morgan fingerprint density at radius 3 is 2.27 bits per heavy atom. The molecule has 8 nitrogen and oxygen atoms in total. The van der Waals surface area contributed by atoms with Gasteiger partial charge in [0.2, 0.25) is 10.0 Å². The maximum atomic E-state index is 12.6. The first-order valence-electron chi connectivity index (χ1n) is 8.79. The molecule has 30 heavy (non-hydrogen) atoms.